The van der Waals surface area contributed by atoms with E-state index in [2.05, 4.69) is 20.9 Å². The van der Waals surface area contributed by atoms with Gasteiger partial charge in [0.1, 0.15) is 17.0 Å². The first-order chi connectivity index (χ1) is 9.63. The summed E-state index contributed by atoms with van der Waals surface area (Å²) in [6, 6.07) is 11.7. The number of imidazole rings is 1. The van der Waals surface area contributed by atoms with Crippen LogP contribution < -0.4 is 10.5 Å². The van der Waals surface area contributed by atoms with Crippen LogP contribution in [0.15, 0.2) is 47.2 Å². The summed E-state index contributed by atoms with van der Waals surface area (Å²) in [7, 11) is 0. The number of hydrogen-bond donors (Lipinski definition) is 1. The lowest BCUT2D eigenvalue weighted by Crippen LogP contribution is -2.01. The number of fused-ring (bicyclic) bond motifs is 1. The standard InChI is InChI=1S/C15H14BrN3O/c1-10-3-2-4-12(7-10)20-9-14-18-15(16)13-8-11(17)5-6-19(13)14/h2-8H,9,17H2,1H3. The Balaban J connectivity index is 1.88. The fourth-order valence-electron chi connectivity index (χ4n) is 2.08. The molecule has 0 aliphatic carbocycles. The number of pyridine rings is 1. The zero-order valence-corrected chi connectivity index (χ0v) is 12.6. The molecule has 3 rings (SSSR count). The van der Waals surface area contributed by atoms with E-state index < -0.39 is 0 Å². The van der Waals surface area contributed by atoms with Crippen molar-refractivity contribution in [2.24, 2.45) is 0 Å². The van der Waals surface area contributed by atoms with E-state index in [-0.39, 0.29) is 0 Å². The highest BCUT2D eigenvalue weighted by molar-refractivity contribution is 9.10. The van der Waals surface area contributed by atoms with Crippen LogP contribution in [0.5, 0.6) is 5.75 Å². The summed E-state index contributed by atoms with van der Waals surface area (Å²) < 4.78 is 8.53. The minimum atomic E-state index is 0.403. The van der Waals surface area contributed by atoms with Crippen molar-refractivity contribution < 1.29 is 4.74 Å². The molecule has 0 aliphatic rings. The molecule has 3 aromatic rings. The van der Waals surface area contributed by atoms with Gasteiger partial charge in [-0.1, -0.05) is 12.1 Å². The first kappa shape index (κ1) is 13.0. The Morgan fingerprint density at radius 1 is 1.30 bits per heavy atom. The van der Waals surface area contributed by atoms with E-state index in [1.165, 1.54) is 5.56 Å². The molecule has 0 amide bonds. The Morgan fingerprint density at radius 2 is 2.15 bits per heavy atom. The first-order valence-corrected chi connectivity index (χ1v) is 7.04. The van der Waals surface area contributed by atoms with Gasteiger partial charge in [0.25, 0.3) is 0 Å². The fraction of sp³-hybridized carbons (Fsp3) is 0.133. The normalized spacial score (nSPS) is 10.9. The number of hydrogen-bond acceptors (Lipinski definition) is 3. The van der Waals surface area contributed by atoms with Crippen molar-refractivity contribution in [2.75, 3.05) is 5.73 Å². The molecule has 20 heavy (non-hydrogen) atoms. The number of ether oxygens (including phenoxy) is 1. The predicted octanol–water partition coefficient (Wildman–Crippen LogP) is 3.57. The van der Waals surface area contributed by atoms with Gasteiger partial charge in [-0.25, -0.2) is 4.98 Å². The Hall–Kier alpha value is -2.01. The minimum absolute atomic E-state index is 0.403. The van der Waals surface area contributed by atoms with Crippen LogP contribution in [0.3, 0.4) is 0 Å². The fourth-order valence-corrected chi connectivity index (χ4v) is 2.59. The molecule has 0 radical (unpaired) electrons. The third-order valence-corrected chi connectivity index (χ3v) is 3.64. The summed E-state index contributed by atoms with van der Waals surface area (Å²) in [4.78, 5) is 4.47. The maximum Gasteiger partial charge on any atom is 0.152 e. The summed E-state index contributed by atoms with van der Waals surface area (Å²) in [6.45, 7) is 2.44. The van der Waals surface area contributed by atoms with Crippen LogP contribution in [0, 0.1) is 6.92 Å². The van der Waals surface area contributed by atoms with Crippen molar-refractivity contribution >= 4 is 27.1 Å². The SMILES string of the molecule is Cc1cccc(OCc2nc(Br)c3cc(N)ccn23)c1. The lowest BCUT2D eigenvalue weighted by Gasteiger charge is -2.06. The molecule has 0 spiro atoms. The number of nitrogens with two attached hydrogens (primary N) is 1. The maximum atomic E-state index is 5.79. The molecule has 0 fully saturated rings. The number of anilines is 1. The van der Waals surface area contributed by atoms with Gasteiger partial charge in [0.15, 0.2) is 5.82 Å². The van der Waals surface area contributed by atoms with Crippen LogP contribution in [0.25, 0.3) is 5.52 Å². The number of halogens is 1. The van der Waals surface area contributed by atoms with Crippen LogP contribution in [0.2, 0.25) is 0 Å². The molecule has 0 aliphatic heterocycles. The van der Waals surface area contributed by atoms with Crippen molar-refractivity contribution in [1.82, 2.24) is 9.38 Å². The van der Waals surface area contributed by atoms with Gasteiger partial charge in [0.05, 0.1) is 5.52 Å². The molecule has 0 saturated carbocycles. The van der Waals surface area contributed by atoms with Crippen molar-refractivity contribution in [3.63, 3.8) is 0 Å². The predicted molar refractivity (Wildman–Crippen MR) is 82.8 cm³/mol. The highest BCUT2D eigenvalue weighted by Gasteiger charge is 2.09. The van der Waals surface area contributed by atoms with E-state index in [0.717, 1.165) is 21.7 Å². The third-order valence-electron chi connectivity index (χ3n) is 3.05. The molecular formula is C15H14BrN3O. The average Bonchev–Trinajstić information content (AvgIpc) is 2.73. The van der Waals surface area contributed by atoms with Crippen molar-refractivity contribution in [1.29, 1.82) is 0 Å². The van der Waals surface area contributed by atoms with Crippen LogP contribution >= 0.6 is 15.9 Å². The number of nitrogen functional groups attached to an aromatic ring is 1. The summed E-state index contributed by atoms with van der Waals surface area (Å²) in [5, 5.41) is 0. The average molecular weight is 332 g/mol. The molecule has 2 aromatic heterocycles. The Kier molecular flexibility index (Phi) is 3.36. The zero-order valence-electron chi connectivity index (χ0n) is 11.0. The molecule has 0 saturated heterocycles. The van der Waals surface area contributed by atoms with E-state index in [1.54, 1.807) is 0 Å². The smallest absolute Gasteiger partial charge is 0.152 e. The lowest BCUT2D eigenvalue weighted by atomic mass is 10.2. The largest absolute Gasteiger partial charge is 0.486 e. The highest BCUT2D eigenvalue weighted by Crippen LogP contribution is 2.22. The van der Waals surface area contributed by atoms with Crippen LogP contribution in [-0.4, -0.2) is 9.38 Å². The molecule has 2 N–H and O–H groups in total. The second-order valence-electron chi connectivity index (χ2n) is 4.64. The third kappa shape index (κ3) is 2.49. The highest BCUT2D eigenvalue weighted by atomic mass is 79.9. The molecule has 2 heterocycles. The summed E-state index contributed by atoms with van der Waals surface area (Å²) in [6.07, 6.45) is 1.90. The summed E-state index contributed by atoms with van der Waals surface area (Å²) in [5.41, 5.74) is 8.61. The van der Waals surface area contributed by atoms with Crippen molar-refractivity contribution in [3.8, 4) is 5.75 Å². The Labute approximate surface area is 125 Å². The van der Waals surface area contributed by atoms with Gasteiger partial charge >= 0.3 is 0 Å². The molecule has 102 valence electrons. The Morgan fingerprint density at radius 3 is 2.95 bits per heavy atom. The van der Waals surface area contributed by atoms with Crippen LogP contribution in [0.1, 0.15) is 11.4 Å². The van der Waals surface area contributed by atoms with Gasteiger partial charge in [0, 0.05) is 11.9 Å². The van der Waals surface area contributed by atoms with Crippen LogP contribution in [-0.2, 0) is 6.61 Å². The van der Waals surface area contributed by atoms with Crippen LogP contribution in [0.4, 0.5) is 5.69 Å². The number of nitrogens with zero attached hydrogens (tertiary/aromatic N) is 2. The molecule has 1 aromatic carbocycles. The zero-order chi connectivity index (χ0) is 14.1. The number of aryl methyl sites for hydroxylation is 1. The molecule has 4 nitrogen and oxygen atoms in total. The van der Waals surface area contributed by atoms with Gasteiger partial charge in [0.2, 0.25) is 0 Å². The molecule has 5 heteroatoms. The monoisotopic (exact) mass is 331 g/mol. The second kappa shape index (κ2) is 5.17. The molecule has 0 bridgehead atoms. The number of benzene rings is 1. The van der Waals surface area contributed by atoms with E-state index >= 15 is 0 Å². The quantitative estimate of drug-likeness (QED) is 0.798. The van der Waals surface area contributed by atoms with Gasteiger partial charge in [-0.3, -0.25) is 4.40 Å². The van der Waals surface area contributed by atoms with Gasteiger partial charge in [-0.15, -0.1) is 0 Å². The van der Waals surface area contributed by atoms with Crippen molar-refractivity contribution in [2.45, 2.75) is 13.5 Å². The molecule has 0 unspecified atom stereocenters. The second-order valence-corrected chi connectivity index (χ2v) is 5.39. The lowest BCUT2D eigenvalue weighted by molar-refractivity contribution is 0.295. The molecule has 0 atom stereocenters. The van der Waals surface area contributed by atoms with Crippen molar-refractivity contribution in [3.05, 3.63) is 58.6 Å². The van der Waals surface area contributed by atoms with E-state index in [4.69, 9.17) is 10.5 Å². The number of rotatable bonds is 3. The topological polar surface area (TPSA) is 52.5 Å². The summed E-state index contributed by atoms with van der Waals surface area (Å²) in [5.74, 6) is 1.67. The Bertz CT molecular complexity index is 767. The van der Waals surface area contributed by atoms with E-state index in [1.807, 2.05) is 53.9 Å². The first-order valence-electron chi connectivity index (χ1n) is 6.25. The van der Waals surface area contributed by atoms with Gasteiger partial charge < -0.3 is 10.5 Å². The van der Waals surface area contributed by atoms with Gasteiger partial charge in [-0.2, -0.15) is 0 Å². The maximum absolute atomic E-state index is 5.79. The molecular weight excluding hydrogens is 318 g/mol. The minimum Gasteiger partial charge on any atom is -0.486 e. The van der Waals surface area contributed by atoms with E-state index in [9.17, 15) is 0 Å². The number of aromatic nitrogens is 2. The van der Waals surface area contributed by atoms with E-state index in [0.29, 0.717) is 12.3 Å². The summed E-state index contributed by atoms with van der Waals surface area (Å²) >= 11 is 3.45. The van der Waals surface area contributed by atoms with Gasteiger partial charge in [-0.05, 0) is 52.7 Å².